The lowest BCUT2D eigenvalue weighted by Crippen LogP contribution is -2.45. The molecule has 0 spiro atoms. The molecule has 6 heteroatoms. The van der Waals surface area contributed by atoms with Gasteiger partial charge in [-0.3, -0.25) is 9.59 Å². The van der Waals surface area contributed by atoms with Gasteiger partial charge in [0.2, 0.25) is 5.91 Å². The maximum Gasteiger partial charge on any atom is 0.305 e. The highest BCUT2D eigenvalue weighted by molar-refractivity contribution is 5.76. The summed E-state index contributed by atoms with van der Waals surface area (Å²) in [6, 6.07) is -0.534. The van der Waals surface area contributed by atoms with Crippen molar-refractivity contribution in [1.29, 1.82) is 0 Å². The average Bonchev–Trinajstić information content (AvgIpc) is 3.51. The number of aliphatic hydroxyl groups is 2. The largest absolute Gasteiger partial charge is 0.466 e. The average molecular weight is 1200 g/mol. The Bertz CT molecular complexity index is 1240. The van der Waals surface area contributed by atoms with Crippen LogP contribution in [0, 0.1) is 0 Å². The normalized spacial score (nSPS) is 12.4. The number of aliphatic hydroxyl groups excluding tert-OH is 2. The molecular formula is C79H157NO5. The minimum absolute atomic E-state index is 0.0275. The molecule has 0 aliphatic rings. The summed E-state index contributed by atoms with van der Waals surface area (Å²) in [6.45, 7) is 5.00. The maximum absolute atomic E-state index is 12.5. The third-order valence-corrected chi connectivity index (χ3v) is 19.2. The van der Waals surface area contributed by atoms with Gasteiger partial charge < -0.3 is 20.3 Å². The summed E-state index contributed by atoms with van der Waals surface area (Å²) >= 11 is 0. The van der Waals surface area contributed by atoms with Crippen LogP contribution in [0.1, 0.15) is 470 Å². The molecule has 0 aromatic carbocycles. The standard InChI is InChI=1S/C79H157NO5/c1-3-5-7-9-11-13-15-16-17-18-40-44-47-50-53-57-61-65-69-73-79(84)85-74-70-66-62-58-54-51-48-45-42-39-37-35-33-31-29-27-25-23-21-19-20-22-24-26-28-30-32-34-36-38-41-43-46-49-52-56-60-64-68-72-78(83)80-76(75-81)77(82)71-67-63-59-55-14-12-10-8-6-4-2/h76-77,81-82H,3-75H2,1-2H3,(H,80,83). The third kappa shape index (κ3) is 71.8. The van der Waals surface area contributed by atoms with E-state index in [0.29, 0.717) is 25.9 Å². The van der Waals surface area contributed by atoms with Crippen LogP contribution in [-0.4, -0.2) is 47.4 Å². The molecule has 0 aromatic rings. The van der Waals surface area contributed by atoms with Gasteiger partial charge in [0.25, 0.3) is 0 Å². The Labute approximate surface area is 534 Å². The van der Waals surface area contributed by atoms with Crippen LogP contribution in [-0.2, 0) is 14.3 Å². The summed E-state index contributed by atoms with van der Waals surface area (Å²) in [5.41, 5.74) is 0. The van der Waals surface area contributed by atoms with E-state index in [1.165, 1.54) is 398 Å². The molecule has 0 saturated carbocycles. The molecule has 0 radical (unpaired) electrons. The topological polar surface area (TPSA) is 95.9 Å². The van der Waals surface area contributed by atoms with Crippen molar-refractivity contribution in [3.05, 3.63) is 0 Å². The highest BCUT2D eigenvalue weighted by atomic mass is 16.5. The maximum atomic E-state index is 12.5. The SMILES string of the molecule is CCCCCCCCCCCCCCCCCCCCCC(=O)OCCCCCCCCCCCCCCCCCCCCCCCCCCCCCCCCCCCCCCCCCC(=O)NC(CO)C(O)CCCCCCCCCCCC. The summed E-state index contributed by atoms with van der Waals surface area (Å²) in [5.74, 6) is 0.00266. The molecule has 0 aliphatic heterocycles. The van der Waals surface area contributed by atoms with Gasteiger partial charge in [-0.25, -0.2) is 0 Å². The Morgan fingerprint density at radius 3 is 0.718 bits per heavy atom. The number of carbonyl (C=O) groups excluding carboxylic acids is 2. The zero-order valence-electron chi connectivity index (χ0n) is 58.4. The van der Waals surface area contributed by atoms with Gasteiger partial charge in [-0.2, -0.15) is 0 Å². The van der Waals surface area contributed by atoms with Gasteiger partial charge in [0.05, 0.1) is 25.4 Å². The number of rotatable bonds is 76. The molecule has 0 bridgehead atoms. The number of esters is 1. The van der Waals surface area contributed by atoms with Gasteiger partial charge in [0.1, 0.15) is 0 Å². The van der Waals surface area contributed by atoms with E-state index >= 15 is 0 Å². The van der Waals surface area contributed by atoms with E-state index in [2.05, 4.69) is 19.2 Å². The Balaban J connectivity index is 3.24. The highest BCUT2D eigenvalue weighted by Gasteiger charge is 2.20. The van der Waals surface area contributed by atoms with Gasteiger partial charge >= 0.3 is 5.97 Å². The summed E-state index contributed by atoms with van der Waals surface area (Å²) in [4.78, 5) is 24.6. The van der Waals surface area contributed by atoms with Crippen molar-refractivity contribution in [3.63, 3.8) is 0 Å². The fraction of sp³-hybridized carbons (Fsp3) is 0.975. The molecule has 85 heavy (non-hydrogen) atoms. The fourth-order valence-corrected chi connectivity index (χ4v) is 13.1. The summed E-state index contributed by atoms with van der Waals surface area (Å²) in [6.07, 6.45) is 93.7. The van der Waals surface area contributed by atoms with Gasteiger partial charge in [-0.1, -0.05) is 431 Å². The molecular weight excluding hydrogens is 1040 g/mol. The molecule has 0 heterocycles. The zero-order valence-corrected chi connectivity index (χ0v) is 58.4. The zero-order chi connectivity index (χ0) is 61.3. The summed E-state index contributed by atoms with van der Waals surface area (Å²) < 4.78 is 5.53. The van der Waals surface area contributed by atoms with Gasteiger partial charge in [0.15, 0.2) is 0 Å². The molecule has 0 rings (SSSR count). The number of nitrogens with one attached hydrogen (secondary N) is 1. The first kappa shape index (κ1) is 83.9. The molecule has 0 aromatic heterocycles. The van der Waals surface area contributed by atoms with Gasteiger partial charge in [-0.05, 0) is 25.7 Å². The van der Waals surface area contributed by atoms with E-state index in [9.17, 15) is 19.8 Å². The molecule has 0 saturated heterocycles. The van der Waals surface area contributed by atoms with Gasteiger partial charge in [0, 0.05) is 12.8 Å². The van der Waals surface area contributed by atoms with Crippen LogP contribution in [0.3, 0.4) is 0 Å². The van der Waals surface area contributed by atoms with Crippen LogP contribution >= 0.6 is 0 Å². The Morgan fingerprint density at radius 2 is 0.482 bits per heavy atom. The molecule has 6 nitrogen and oxygen atoms in total. The third-order valence-electron chi connectivity index (χ3n) is 19.2. The molecule has 508 valence electrons. The number of unbranched alkanes of at least 4 members (excludes halogenated alkanes) is 65. The van der Waals surface area contributed by atoms with E-state index in [4.69, 9.17) is 4.74 Å². The van der Waals surface area contributed by atoms with Crippen molar-refractivity contribution in [1.82, 2.24) is 5.32 Å². The number of hydrogen-bond acceptors (Lipinski definition) is 5. The Hall–Kier alpha value is -1.14. The monoisotopic (exact) mass is 1200 g/mol. The lowest BCUT2D eigenvalue weighted by molar-refractivity contribution is -0.143. The van der Waals surface area contributed by atoms with Crippen molar-refractivity contribution in [2.75, 3.05) is 13.2 Å². The van der Waals surface area contributed by atoms with Crippen LogP contribution in [0.5, 0.6) is 0 Å². The molecule has 1 amide bonds. The highest BCUT2D eigenvalue weighted by Crippen LogP contribution is 2.21. The summed E-state index contributed by atoms with van der Waals surface area (Å²) in [7, 11) is 0. The lowest BCUT2D eigenvalue weighted by atomic mass is 10.0. The van der Waals surface area contributed by atoms with Gasteiger partial charge in [-0.15, -0.1) is 0 Å². The minimum Gasteiger partial charge on any atom is -0.466 e. The predicted molar refractivity (Wildman–Crippen MR) is 375 cm³/mol. The van der Waals surface area contributed by atoms with Crippen molar-refractivity contribution in [2.24, 2.45) is 0 Å². The predicted octanol–water partition coefficient (Wildman–Crippen LogP) is 26.1. The van der Waals surface area contributed by atoms with Crippen LogP contribution in [0.25, 0.3) is 0 Å². The first-order valence-electron chi connectivity index (χ1n) is 39.8. The quantitative estimate of drug-likeness (QED) is 0.0417. The second kappa shape index (κ2) is 75.3. The van der Waals surface area contributed by atoms with E-state index in [1.807, 2.05) is 0 Å². The lowest BCUT2D eigenvalue weighted by Gasteiger charge is -2.22. The first-order chi connectivity index (χ1) is 42.0. The number of ether oxygens (including phenoxy) is 1. The van der Waals surface area contributed by atoms with E-state index in [-0.39, 0.29) is 18.5 Å². The van der Waals surface area contributed by atoms with Crippen LogP contribution in [0.15, 0.2) is 0 Å². The summed E-state index contributed by atoms with van der Waals surface area (Å²) in [5, 5.41) is 23.2. The van der Waals surface area contributed by atoms with Crippen LogP contribution in [0.4, 0.5) is 0 Å². The van der Waals surface area contributed by atoms with Crippen molar-refractivity contribution in [2.45, 2.75) is 482 Å². The molecule has 0 fully saturated rings. The number of amides is 1. The van der Waals surface area contributed by atoms with Crippen LogP contribution in [0.2, 0.25) is 0 Å². The second-order valence-electron chi connectivity index (χ2n) is 27.8. The number of hydrogen-bond donors (Lipinski definition) is 3. The van der Waals surface area contributed by atoms with Crippen molar-refractivity contribution < 1.29 is 24.5 Å². The molecule has 0 aliphatic carbocycles. The smallest absolute Gasteiger partial charge is 0.305 e. The fourth-order valence-electron chi connectivity index (χ4n) is 13.1. The first-order valence-corrected chi connectivity index (χ1v) is 39.8. The van der Waals surface area contributed by atoms with Crippen LogP contribution < -0.4 is 5.32 Å². The number of carbonyl (C=O) groups is 2. The van der Waals surface area contributed by atoms with E-state index < -0.39 is 12.1 Å². The molecule has 2 unspecified atom stereocenters. The molecule has 2 atom stereocenters. The Morgan fingerprint density at radius 1 is 0.282 bits per heavy atom. The molecule has 3 N–H and O–H groups in total. The van der Waals surface area contributed by atoms with Crippen molar-refractivity contribution >= 4 is 11.9 Å². The van der Waals surface area contributed by atoms with E-state index in [0.717, 1.165) is 38.5 Å². The van der Waals surface area contributed by atoms with E-state index in [1.54, 1.807) is 0 Å². The minimum atomic E-state index is -0.657. The van der Waals surface area contributed by atoms with Crippen molar-refractivity contribution in [3.8, 4) is 0 Å². The Kier molecular flexibility index (Phi) is 74.3. The second-order valence-corrected chi connectivity index (χ2v) is 27.8.